The van der Waals surface area contributed by atoms with Gasteiger partial charge in [0.25, 0.3) is 0 Å². The second kappa shape index (κ2) is 11.5. The maximum atomic E-state index is 11.7. The highest BCUT2D eigenvalue weighted by Gasteiger charge is 2.21. The first-order chi connectivity index (χ1) is 9.51. The summed E-state index contributed by atoms with van der Waals surface area (Å²) in [7, 11) is 1.36. The topological polar surface area (TPSA) is 55.4 Å². The molecule has 0 aliphatic heterocycles. The van der Waals surface area contributed by atoms with E-state index >= 15 is 0 Å². The molecule has 0 unspecified atom stereocenters. The molecule has 0 spiro atoms. The Morgan fingerprint density at radius 2 is 1.85 bits per heavy atom. The molecule has 0 aliphatic carbocycles. The number of amides is 1. The van der Waals surface area contributed by atoms with E-state index in [0.717, 1.165) is 32.1 Å². The van der Waals surface area contributed by atoms with Crippen LogP contribution < -0.4 is 5.32 Å². The van der Waals surface area contributed by atoms with E-state index in [-0.39, 0.29) is 17.8 Å². The molecule has 1 amide bonds. The molecule has 0 rings (SSSR count). The molecule has 0 aromatic rings. The molecule has 0 fully saturated rings. The van der Waals surface area contributed by atoms with Gasteiger partial charge >= 0.3 is 5.97 Å². The molecule has 0 saturated carbocycles. The predicted molar refractivity (Wildman–Crippen MR) is 81.3 cm³/mol. The lowest BCUT2D eigenvalue weighted by molar-refractivity contribution is -0.145. The molecule has 116 valence electrons. The van der Waals surface area contributed by atoms with Crippen molar-refractivity contribution < 1.29 is 14.3 Å². The normalized spacial score (nSPS) is 12.0. The fraction of sp³-hybridized carbons (Fsp3) is 0.750. The van der Waals surface area contributed by atoms with Crippen LogP contribution in [0.4, 0.5) is 0 Å². The lowest BCUT2D eigenvalue weighted by Crippen LogP contribution is -2.41. The van der Waals surface area contributed by atoms with E-state index in [9.17, 15) is 9.59 Å². The summed E-state index contributed by atoms with van der Waals surface area (Å²) in [6.45, 7) is 7.65. The number of allylic oxidation sites excluding steroid dienone is 1. The Bertz CT molecular complexity index is 300. The number of nitrogens with one attached hydrogen (secondary N) is 1. The van der Waals surface area contributed by atoms with Crippen LogP contribution in [0.5, 0.6) is 0 Å². The summed E-state index contributed by atoms with van der Waals surface area (Å²) < 4.78 is 4.75. The third kappa shape index (κ3) is 9.59. The van der Waals surface area contributed by atoms with Gasteiger partial charge in [-0.3, -0.25) is 4.79 Å². The van der Waals surface area contributed by atoms with Gasteiger partial charge in [-0.2, -0.15) is 0 Å². The summed E-state index contributed by atoms with van der Waals surface area (Å²) in [6.07, 6.45) is 8.26. The van der Waals surface area contributed by atoms with E-state index < -0.39 is 6.04 Å². The van der Waals surface area contributed by atoms with E-state index in [2.05, 4.69) is 11.9 Å². The quantitative estimate of drug-likeness (QED) is 0.360. The van der Waals surface area contributed by atoms with Crippen LogP contribution >= 0.6 is 0 Å². The number of esters is 1. The van der Waals surface area contributed by atoms with E-state index in [4.69, 9.17) is 4.74 Å². The molecule has 0 heterocycles. The molecule has 4 heteroatoms. The molecule has 0 aromatic carbocycles. The van der Waals surface area contributed by atoms with E-state index in [1.807, 2.05) is 19.9 Å². The van der Waals surface area contributed by atoms with Gasteiger partial charge in [-0.1, -0.05) is 39.2 Å². The number of methoxy groups -OCH3 is 1. The summed E-state index contributed by atoms with van der Waals surface area (Å²) >= 11 is 0. The summed E-state index contributed by atoms with van der Waals surface area (Å²) in [5.74, 6) is -0.151. The Balaban J connectivity index is 4.06. The molecule has 1 N–H and O–H groups in total. The number of unbranched alkanes of at least 4 members (excludes halogenated alkanes) is 4. The van der Waals surface area contributed by atoms with E-state index in [1.54, 1.807) is 0 Å². The van der Waals surface area contributed by atoms with Crippen LogP contribution in [0.3, 0.4) is 0 Å². The van der Waals surface area contributed by atoms with Crippen LogP contribution in [-0.2, 0) is 14.3 Å². The number of hydrogen-bond acceptors (Lipinski definition) is 3. The lowest BCUT2D eigenvalue weighted by atomic mass is 10.1. The third-order valence-electron chi connectivity index (χ3n) is 3.07. The van der Waals surface area contributed by atoms with Gasteiger partial charge in [-0.15, -0.1) is 6.58 Å². The number of carbonyl (C=O) groups is 2. The molecule has 0 bridgehead atoms. The van der Waals surface area contributed by atoms with Crippen LogP contribution in [0.2, 0.25) is 0 Å². The lowest BCUT2D eigenvalue weighted by Gasteiger charge is -2.17. The maximum Gasteiger partial charge on any atom is 0.328 e. The van der Waals surface area contributed by atoms with Gasteiger partial charge in [-0.25, -0.2) is 4.79 Å². The SMILES string of the molecule is C=CCCCCCC[C@@H](NC(=O)CC(C)C)C(=O)OC. The Kier molecular flexibility index (Phi) is 10.7. The van der Waals surface area contributed by atoms with Crippen LogP contribution in [0.25, 0.3) is 0 Å². The Labute approximate surface area is 123 Å². The van der Waals surface area contributed by atoms with Crippen molar-refractivity contribution in [3.63, 3.8) is 0 Å². The number of ether oxygens (including phenoxy) is 1. The van der Waals surface area contributed by atoms with Crippen molar-refractivity contribution in [2.24, 2.45) is 5.92 Å². The molecular formula is C16H29NO3. The molecule has 0 aliphatic rings. The molecular weight excluding hydrogens is 254 g/mol. The molecule has 4 nitrogen and oxygen atoms in total. The summed E-state index contributed by atoms with van der Waals surface area (Å²) in [4.78, 5) is 23.4. The number of rotatable bonds is 11. The second-order valence-electron chi connectivity index (χ2n) is 5.52. The molecule has 0 saturated heterocycles. The molecule has 0 radical (unpaired) electrons. The molecule has 1 atom stereocenters. The Hall–Kier alpha value is -1.32. The average Bonchev–Trinajstić information content (AvgIpc) is 2.39. The highest BCUT2D eigenvalue weighted by molar-refractivity contribution is 5.84. The minimum Gasteiger partial charge on any atom is -0.467 e. The van der Waals surface area contributed by atoms with Crippen LogP contribution in [0, 0.1) is 5.92 Å². The smallest absolute Gasteiger partial charge is 0.328 e. The van der Waals surface area contributed by atoms with Crippen molar-refractivity contribution in [3.05, 3.63) is 12.7 Å². The van der Waals surface area contributed by atoms with Crippen LogP contribution in [-0.4, -0.2) is 25.0 Å². The monoisotopic (exact) mass is 283 g/mol. The van der Waals surface area contributed by atoms with Crippen molar-refractivity contribution in [1.29, 1.82) is 0 Å². The Morgan fingerprint density at radius 1 is 1.20 bits per heavy atom. The van der Waals surface area contributed by atoms with Gasteiger partial charge < -0.3 is 10.1 Å². The maximum absolute atomic E-state index is 11.7. The first-order valence-corrected chi connectivity index (χ1v) is 7.49. The predicted octanol–water partition coefficient (Wildman–Crippen LogP) is 3.22. The number of carbonyl (C=O) groups excluding carboxylic acids is 2. The van der Waals surface area contributed by atoms with Gasteiger partial charge in [0.15, 0.2) is 0 Å². The first kappa shape index (κ1) is 18.7. The van der Waals surface area contributed by atoms with Crippen molar-refractivity contribution in [2.75, 3.05) is 7.11 Å². The van der Waals surface area contributed by atoms with E-state index in [1.165, 1.54) is 7.11 Å². The zero-order chi connectivity index (χ0) is 15.4. The van der Waals surface area contributed by atoms with Gasteiger partial charge in [0, 0.05) is 6.42 Å². The highest BCUT2D eigenvalue weighted by Crippen LogP contribution is 2.09. The van der Waals surface area contributed by atoms with Crippen molar-refractivity contribution in [2.45, 2.75) is 64.8 Å². The van der Waals surface area contributed by atoms with Crippen molar-refractivity contribution >= 4 is 11.9 Å². The molecule has 0 aromatic heterocycles. The van der Waals surface area contributed by atoms with Gasteiger partial charge in [0.1, 0.15) is 6.04 Å². The fourth-order valence-corrected chi connectivity index (χ4v) is 2.01. The summed E-state index contributed by atoms with van der Waals surface area (Å²) in [5.41, 5.74) is 0. The average molecular weight is 283 g/mol. The highest BCUT2D eigenvalue weighted by atomic mass is 16.5. The third-order valence-corrected chi connectivity index (χ3v) is 3.07. The minimum absolute atomic E-state index is 0.0814. The number of hydrogen-bond donors (Lipinski definition) is 1. The first-order valence-electron chi connectivity index (χ1n) is 7.49. The summed E-state index contributed by atoms with van der Waals surface area (Å²) in [5, 5.41) is 2.77. The van der Waals surface area contributed by atoms with Gasteiger partial charge in [0.05, 0.1) is 7.11 Å². The zero-order valence-electron chi connectivity index (χ0n) is 13.1. The zero-order valence-corrected chi connectivity index (χ0v) is 13.1. The van der Waals surface area contributed by atoms with Crippen molar-refractivity contribution in [1.82, 2.24) is 5.32 Å². The second-order valence-corrected chi connectivity index (χ2v) is 5.52. The van der Waals surface area contributed by atoms with Crippen LogP contribution in [0.15, 0.2) is 12.7 Å². The van der Waals surface area contributed by atoms with Gasteiger partial charge in [0.2, 0.25) is 5.91 Å². The Morgan fingerprint density at radius 3 is 2.40 bits per heavy atom. The summed E-state index contributed by atoms with van der Waals surface area (Å²) in [6, 6.07) is -0.509. The molecule has 20 heavy (non-hydrogen) atoms. The largest absolute Gasteiger partial charge is 0.467 e. The standard InChI is InChI=1S/C16H29NO3/c1-5-6-7-8-9-10-11-14(16(19)20-4)17-15(18)12-13(2)3/h5,13-14H,1,6-12H2,2-4H3,(H,17,18)/t14-/m1/s1. The van der Waals surface area contributed by atoms with Crippen molar-refractivity contribution in [3.8, 4) is 0 Å². The van der Waals surface area contributed by atoms with E-state index in [0.29, 0.717) is 12.8 Å². The minimum atomic E-state index is -0.509. The fourth-order valence-electron chi connectivity index (χ4n) is 2.01. The van der Waals surface area contributed by atoms with Crippen LogP contribution in [0.1, 0.15) is 58.8 Å². The van der Waals surface area contributed by atoms with Gasteiger partial charge in [-0.05, 0) is 25.2 Å².